The van der Waals surface area contributed by atoms with E-state index in [1.54, 1.807) is 6.07 Å². The van der Waals surface area contributed by atoms with Gasteiger partial charge in [-0.3, -0.25) is 0 Å². The Kier molecular flexibility index (Phi) is 7.00. The van der Waals surface area contributed by atoms with Crippen molar-refractivity contribution in [2.24, 2.45) is 0 Å². The van der Waals surface area contributed by atoms with E-state index in [4.69, 9.17) is 0 Å². The van der Waals surface area contributed by atoms with E-state index in [-0.39, 0.29) is 5.82 Å². The maximum atomic E-state index is 14.5. The molecule has 0 aromatic heterocycles. The highest BCUT2D eigenvalue weighted by Crippen LogP contribution is 2.41. The molecule has 0 bridgehead atoms. The third-order valence-corrected chi connectivity index (χ3v) is 4.86. The summed E-state index contributed by atoms with van der Waals surface area (Å²) >= 11 is 2.29. The largest absolute Gasteiger partial charge is 0.340 e. The topological polar surface area (TPSA) is 3.24 Å². The van der Waals surface area contributed by atoms with Gasteiger partial charge in [-0.15, -0.1) is 0 Å². The lowest BCUT2D eigenvalue weighted by Gasteiger charge is -2.34. The summed E-state index contributed by atoms with van der Waals surface area (Å²) in [6.07, 6.45) is 2.09. The summed E-state index contributed by atoms with van der Waals surface area (Å²) < 4.78 is 15.6. The van der Waals surface area contributed by atoms with Crippen LogP contribution in [0.15, 0.2) is 76.5 Å². The van der Waals surface area contributed by atoms with Gasteiger partial charge in [-0.1, -0.05) is 62.9 Å². The summed E-state index contributed by atoms with van der Waals surface area (Å²) in [5.41, 5.74) is 4.49. The Labute approximate surface area is 163 Å². The number of allylic oxidation sites excluding steroid dienone is 3. The highest BCUT2D eigenvalue weighted by molar-refractivity contribution is 14.1. The van der Waals surface area contributed by atoms with E-state index >= 15 is 0 Å². The van der Waals surface area contributed by atoms with Gasteiger partial charge >= 0.3 is 0 Å². The average Bonchev–Trinajstić information content (AvgIpc) is 2.66. The number of rotatable bonds is 3. The Morgan fingerprint density at radius 2 is 1.60 bits per heavy atom. The minimum atomic E-state index is -0.215. The van der Waals surface area contributed by atoms with Crippen LogP contribution in [-0.2, 0) is 0 Å². The third-order valence-electron chi connectivity index (χ3n) is 3.93. The van der Waals surface area contributed by atoms with Crippen LogP contribution in [-0.4, -0.2) is 11.4 Å². The molecule has 0 N–H and O–H groups in total. The molecule has 0 radical (unpaired) electrons. The Morgan fingerprint density at radius 1 is 1.00 bits per heavy atom. The van der Waals surface area contributed by atoms with Crippen LogP contribution in [0.25, 0.3) is 11.3 Å². The van der Waals surface area contributed by atoms with Crippen LogP contribution in [0.1, 0.15) is 31.9 Å². The first-order valence-corrected chi connectivity index (χ1v) is 9.60. The second kappa shape index (κ2) is 8.99. The first-order valence-electron chi connectivity index (χ1n) is 8.52. The van der Waals surface area contributed by atoms with E-state index in [1.165, 1.54) is 6.07 Å². The van der Waals surface area contributed by atoms with Gasteiger partial charge in [0.05, 0.1) is 5.70 Å². The molecule has 0 unspecified atom stereocenters. The molecule has 2 aromatic rings. The van der Waals surface area contributed by atoms with Crippen LogP contribution in [0.4, 0.5) is 4.39 Å². The fourth-order valence-electron chi connectivity index (χ4n) is 2.82. The van der Waals surface area contributed by atoms with E-state index in [0.29, 0.717) is 5.56 Å². The highest BCUT2D eigenvalue weighted by atomic mass is 127. The van der Waals surface area contributed by atoms with E-state index in [9.17, 15) is 4.39 Å². The van der Waals surface area contributed by atoms with Crippen LogP contribution >= 0.6 is 22.6 Å². The van der Waals surface area contributed by atoms with E-state index in [2.05, 4.69) is 59.2 Å². The van der Waals surface area contributed by atoms with Crippen molar-refractivity contribution < 1.29 is 4.39 Å². The van der Waals surface area contributed by atoms with Crippen molar-refractivity contribution >= 4 is 33.9 Å². The molecular formula is C22H23FIN. The summed E-state index contributed by atoms with van der Waals surface area (Å²) in [6, 6.07) is 17.0. The molecule has 0 saturated carbocycles. The lowest BCUT2D eigenvalue weighted by molar-refractivity contribution is 0.523. The van der Waals surface area contributed by atoms with Gasteiger partial charge in [0.2, 0.25) is 0 Å². The van der Waals surface area contributed by atoms with Gasteiger partial charge in [-0.2, -0.15) is 0 Å². The van der Waals surface area contributed by atoms with Crippen molar-refractivity contribution in [3.63, 3.8) is 0 Å². The average molecular weight is 447 g/mol. The molecule has 1 aliphatic heterocycles. The molecule has 3 heteroatoms. The fraction of sp³-hybridized carbons (Fsp3) is 0.182. The van der Waals surface area contributed by atoms with Crippen LogP contribution in [0.3, 0.4) is 0 Å². The van der Waals surface area contributed by atoms with Crippen molar-refractivity contribution in [1.29, 1.82) is 0 Å². The maximum Gasteiger partial charge on any atom is 0.132 e. The van der Waals surface area contributed by atoms with Gasteiger partial charge in [0.1, 0.15) is 5.82 Å². The van der Waals surface area contributed by atoms with E-state index < -0.39 is 0 Å². The predicted molar refractivity (Wildman–Crippen MR) is 115 cm³/mol. The molecule has 25 heavy (non-hydrogen) atoms. The Bertz CT molecular complexity index is 806. The van der Waals surface area contributed by atoms with E-state index in [1.807, 2.05) is 44.2 Å². The summed E-state index contributed by atoms with van der Waals surface area (Å²) in [5.74, 6) is -0.215. The maximum absolute atomic E-state index is 14.5. The quantitative estimate of drug-likeness (QED) is 0.464. The van der Waals surface area contributed by atoms with Crippen molar-refractivity contribution in [2.75, 3.05) is 6.54 Å². The molecular weight excluding hydrogens is 424 g/mol. The van der Waals surface area contributed by atoms with Crippen molar-refractivity contribution in [3.05, 3.63) is 93.5 Å². The second-order valence-corrected chi connectivity index (χ2v) is 6.45. The Balaban J connectivity index is 0.00000109. The standard InChI is InChI=1S/C20H17FIN.C2H6/c1-3-23-14(2)19(22)13-17(15-9-5-4-6-10-15)20(23)16-11-7-8-12-18(16)21;1-2/h4-13H,2-3H2,1H3;1-2H3. The minimum Gasteiger partial charge on any atom is -0.340 e. The molecule has 1 heterocycles. The van der Waals surface area contributed by atoms with Gasteiger partial charge in [-0.25, -0.2) is 4.39 Å². The van der Waals surface area contributed by atoms with Crippen LogP contribution in [0.5, 0.6) is 0 Å². The molecule has 1 nitrogen and oxygen atoms in total. The molecule has 0 amide bonds. The van der Waals surface area contributed by atoms with Crippen LogP contribution in [0.2, 0.25) is 0 Å². The third kappa shape index (κ3) is 4.03. The number of nitrogens with zero attached hydrogens (tertiary/aromatic N) is 1. The predicted octanol–water partition coefficient (Wildman–Crippen LogP) is 6.89. The SMILES string of the molecule is C=C1C(I)=CC(c2ccccc2)=C(c2ccccc2F)N1CC.CC. The number of halogens is 2. The fourth-order valence-corrected chi connectivity index (χ4v) is 3.42. The zero-order valence-electron chi connectivity index (χ0n) is 14.9. The molecule has 130 valence electrons. The molecule has 2 aromatic carbocycles. The minimum absolute atomic E-state index is 0.215. The van der Waals surface area contributed by atoms with Crippen molar-refractivity contribution in [3.8, 4) is 0 Å². The molecule has 1 aliphatic rings. The highest BCUT2D eigenvalue weighted by Gasteiger charge is 2.25. The lowest BCUT2D eigenvalue weighted by Crippen LogP contribution is -2.25. The van der Waals surface area contributed by atoms with Gasteiger partial charge in [0.15, 0.2) is 0 Å². The van der Waals surface area contributed by atoms with Crippen molar-refractivity contribution in [1.82, 2.24) is 4.90 Å². The summed E-state index contributed by atoms with van der Waals surface area (Å²) in [4.78, 5) is 2.09. The van der Waals surface area contributed by atoms with Crippen LogP contribution in [0, 0.1) is 5.82 Å². The first-order chi connectivity index (χ1) is 12.1. The Morgan fingerprint density at radius 3 is 2.20 bits per heavy atom. The zero-order valence-corrected chi connectivity index (χ0v) is 17.0. The lowest BCUT2D eigenvalue weighted by atomic mass is 9.94. The van der Waals surface area contributed by atoms with Gasteiger partial charge in [0, 0.05) is 27.0 Å². The monoisotopic (exact) mass is 447 g/mol. The van der Waals surface area contributed by atoms with Gasteiger partial charge in [0.25, 0.3) is 0 Å². The van der Waals surface area contributed by atoms with E-state index in [0.717, 1.165) is 32.7 Å². The Hall–Kier alpha value is -1.88. The summed E-state index contributed by atoms with van der Waals surface area (Å²) in [7, 11) is 0. The number of hydrogen-bond donors (Lipinski definition) is 0. The number of hydrogen-bond acceptors (Lipinski definition) is 1. The van der Waals surface area contributed by atoms with Crippen molar-refractivity contribution in [2.45, 2.75) is 20.8 Å². The summed E-state index contributed by atoms with van der Waals surface area (Å²) in [6.45, 7) is 11.0. The molecule has 0 atom stereocenters. The van der Waals surface area contributed by atoms with Crippen LogP contribution < -0.4 is 0 Å². The molecule has 3 rings (SSSR count). The van der Waals surface area contributed by atoms with Gasteiger partial charge < -0.3 is 4.90 Å². The molecule has 0 aliphatic carbocycles. The normalized spacial score (nSPS) is 14.0. The molecule has 0 spiro atoms. The number of benzene rings is 2. The number of likely N-dealkylation sites (N-methyl/N-ethyl adjacent to an activating group) is 1. The first kappa shape index (κ1) is 19.4. The zero-order chi connectivity index (χ0) is 18.4. The smallest absolute Gasteiger partial charge is 0.132 e. The molecule has 0 saturated heterocycles. The molecule has 0 fully saturated rings. The van der Waals surface area contributed by atoms with Gasteiger partial charge in [-0.05, 0) is 53.3 Å². The summed E-state index contributed by atoms with van der Waals surface area (Å²) in [5, 5.41) is 0. The second-order valence-electron chi connectivity index (χ2n) is 5.29.